The molecule has 0 spiro atoms. The average molecular weight is 223 g/mol. The molecule has 0 amide bonds. The van der Waals surface area contributed by atoms with Gasteiger partial charge in [-0.3, -0.25) is 10.4 Å². The van der Waals surface area contributed by atoms with Gasteiger partial charge in [-0.2, -0.15) is 10.4 Å². The van der Waals surface area contributed by atoms with Gasteiger partial charge in [0.25, 0.3) is 0 Å². The Bertz CT molecular complexity index is 539. The zero-order valence-corrected chi connectivity index (χ0v) is 8.91. The number of nitrogens with one attached hydrogen (secondary N) is 1. The molecule has 2 aromatic heterocycles. The van der Waals surface area contributed by atoms with Crippen molar-refractivity contribution in [3.05, 3.63) is 54.0 Å². The SMILES string of the molecule is N#Cc1ccc(NN=Cc2ccccn2)nc1. The first-order chi connectivity index (χ1) is 8.38. The quantitative estimate of drug-likeness (QED) is 0.636. The Hall–Kier alpha value is -2.74. The largest absolute Gasteiger partial charge is 0.261 e. The maximum atomic E-state index is 8.60. The molecule has 0 radical (unpaired) electrons. The normalized spacial score (nSPS) is 10.1. The van der Waals surface area contributed by atoms with Crippen molar-refractivity contribution in [2.45, 2.75) is 0 Å². The Balaban J connectivity index is 1.98. The van der Waals surface area contributed by atoms with E-state index >= 15 is 0 Å². The molecule has 0 aliphatic heterocycles. The zero-order valence-electron chi connectivity index (χ0n) is 8.91. The van der Waals surface area contributed by atoms with Crippen LogP contribution in [0.25, 0.3) is 0 Å². The van der Waals surface area contributed by atoms with E-state index in [1.807, 2.05) is 24.3 Å². The minimum Gasteiger partial charge on any atom is -0.261 e. The van der Waals surface area contributed by atoms with Crippen LogP contribution in [-0.4, -0.2) is 16.2 Å². The van der Waals surface area contributed by atoms with Gasteiger partial charge in [0.2, 0.25) is 0 Å². The van der Waals surface area contributed by atoms with Crippen LogP contribution < -0.4 is 5.43 Å². The van der Waals surface area contributed by atoms with E-state index in [0.717, 1.165) is 5.69 Å². The van der Waals surface area contributed by atoms with Crippen LogP contribution in [0.15, 0.2) is 47.8 Å². The van der Waals surface area contributed by atoms with Gasteiger partial charge < -0.3 is 0 Å². The first-order valence-electron chi connectivity index (χ1n) is 4.95. The third-order valence-corrected chi connectivity index (χ3v) is 1.96. The summed E-state index contributed by atoms with van der Waals surface area (Å²) >= 11 is 0. The lowest BCUT2D eigenvalue weighted by Gasteiger charge is -1.97. The predicted octanol–water partition coefficient (Wildman–Crippen LogP) is 1.79. The van der Waals surface area contributed by atoms with Crippen LogP contribution in [0.1, 0.15) is 11.3 Å². The summed E-state index contributed by atoms with van der Waals surface area (Å²) < 4.78 is 0. The van der Waals surface area contributed by atoms with Crippen molar-refractivity contribution >= 4 is 12.0 Å². The third-order valence-electron chi connectivity index (χ3n) is 1.96. The van der Waals surface area contributed by atoms with E-state index in [0.29, 0.717) is 11.4 Å². The number of nitriles is 1. The van der Waals surface area contributed by atoms with Gasteiger partial charge in [-0.05, 0) is 24.3 Å². The first kappa shape index (κ1) is 10.8. The molecule has 82 valence electrons. The molecule has 0 aliphatic carbocycles. The standard InChI is InChI=1S/C12H9N5/c13-7-10-4-5-12(15-8-10)17-16-9-11-3-1-2-6-14-11/h1-6,8-9H,(H,15,17). The summed E-state index contributed by atoms with van der Waals surface area (Å²) in [4.78, 5) is 8.10. The van der Waals surface area contributed by atoms with Gasteiger partial charge in [0.1, 0.15) is 11.9 Å². The second-order valence-corrected chi connectivity index (χ2v) is 3.17. The number of hydrazone groups is 1. The molecule has 2 heterocycles. The van der Waals surface area contributed by atoms with Crippen molar-refractivity contribution in [2.24, 2.45) is 5.10 Å². The van der Waals surface area contributed by atoms with Gasteiger partial charge in [0.15, 0.2) is 0 Å². The molecule has 0 unspecified atom stereocenters. The molecule has 5 nitrogen and oxygen atoms in total. The van der Waals surface area contributed by atoms with E-state index in [9.17, 15) is 0 Å². The summed E-state index contributed by atoms with van der Waals surface area (Å²) in [5, 5.41) is 12.6. The number of rotatable bonds is 3. The van der Waals surface area contributed by atoms with Crippen molar-refractivity contribution < 1.29 is 0 Å². The molecule has 0 saturated carbocycles. The highest BCUT2D eigenvalue weighted by atomic mass is 15.3. The van der Waals surface area contributed by atoms with E-state index in [2.05, 4.69) is 20.5 Å². The highest BCUT2D eigenvalue weighted by Crippen LogP contribution is 2.03. The average Bonchev–Trinajstić information content (AvgIpc) is 2.41. The van der Waals surface area contributed by atoms with Crippen molar-refractivity contribution in [3.63, 3.8) is 0 Å². The fraction of sp³-hybridized carbons (Fsp3) is 0. The maximum Gasteiger partial charge on any atom is 0.146 e. The number of nitrogens with zero attached hydrogens (tertiary/aromatic N) is 4. The summed E-state index contributed by atoms with van der Waals surface area (Å²) in [6.07, 6.45) is 4.78. The lowest BCUT2D eigenvalue weighted by Crippen LogP contribution is -1.94. The van der Waals surface area contributed by atoms with Gasteiger partial charge in [0, 0.05) is 12.4 Å². The third kappa shape index (κ3) is 3.11. The summed E-state index contributed by atoms with van der Waals surface area (Å²) in [6, 6.07) is 10.9. The Morgan fingerprint density at radius 3 is 2.82 bits per heavy atom. The Kier molecular flexibility index (Phi) is 3.40. The number of hydrogen-bond donors (Lipinski definition) is 1. The smallest absolute Gasteiger partial charge is 0.146 e. The lowest BCUT2D eigenvalue weighted by molar-refractivity contribution is 1.21. The molecule has 2 rings (SSSR count). The second kappa shape index (κ2) is 5.37. The number of hydrogen-bond acceptors (Lipinski definition) is 5. The molecule has 0 aromatic carbocycles. The monoisotopic (exact) mass is 223 g/mol. The Morgan fingerprint density at radius 2 is 2.18 bits per heavy atom. The van der Waals surface area contributed by atoms with Gasteiger partial charge in [-0.15, -0.1) is 0 Å². The fourth-order valence-electron chi connectivity index (χ4n) is 1.14. The van der Waals surface area contributed by atoms with Crippen LogP contribution in [0.3, 0.4) is 0 Å². The molecule has 0 saturated heterocycles. The first-order valence-corrected chi connectivity index (χ1v) is 4.95. The highest BCUT2D eigenvalue weighted by molar-refractivity contribution is 5.77. The molecular formula is C12H9N5. The molecule has 0 aliphatic rings. The summed E-state index contributed by atoms with van der Waals surface area (Å²) in [5.74, 6) is 0.580. The van der Waals surface area contributed by atoms with Gasteiger partial charge >= 0.3 is 0 Å². The fourth-order valence-corrected chi connectivity index (χ4v) is 1.14. The Labute approximate surface area is 98.5 Å². The van der Waals surface area contributed by atoms with E-state index in [-0.39, 0.29) is 0 Å². The van der Waals surface area contributed by atoms with E-state index in [1.54, 1.807) is 24.5 Å². The Morgan fingerprint density at radius 1 is 1.24 bits per heavy atom. The maximum absolute atomic E-state index is 8.60. The molecule has 0 atom stereocenters. The zero-order chi connectivity index (χ0) is 11.9. The predicted molar refractivity (Wildman–Crippen MR) is 64.4 cm³/mol. The number of pyridine rings is 2. The van der Waals surface area contributed by atoms with Crippen molar-refractivity contribution in [3.8, 4) is 6.07 Å². The summed E-state index contributed by atoms with van der Waals surface area (Å²) in [6.45, 7) is 0. The van der Waals surface area contributed by atoms with E-state index in [4.69, 9.17) is 5.26 Å². The van der Waals surface area contributed by atoms with E-state index < -0.39 is 0 Å². The van der Waals surface area contributed by atoms with Crippen LogP contribution in [0.5, 0.6) is 0 Å². The minimum atomic E-state index is 0.518. The second-order valence-electron chi connectivity index (χ2n) is 3.17. The molecular weight excluding hydrogens is 214 g/mol. The molecule has 1 N–H and O–H groups in total. The molecule has 0 fully saturated rings. The molecule has 17 heavy (non-hydrogen) atoms. The summed E-state index contributed by atoms with van der Waals surface area (Å²) in [7, 11) is 0. The number of aromatic nitrogens is 2. The van der Waals surface area contributed by atoms with Crippen LogP contribution in [-0.2, 0) is 0 Å². The van der Waals surface area contributed by atoms with Crippen molar-refractivity contribution in [2.75, 3.05) is 5.43 Å². The van der Waals surface area contributed by atoms with Crippen LogP contribution in [0.2, 0.25) is 0 Å². The van der Waals surface area contributed by atoms with Gasteiger partial charge in [-0.25, -0.2) is 4.98 Å². The molecule has 5 heteroatoms. The molecule has 0 bridgehead atoms. The minimum absolute atomic E-state index is 0.518. The van der Waals surface area contributed by atoms with Crippen LogP contribution in [0, 0.1) is 11.3 Å². The van der Waals surface area contributed by atoms with Crippen LogP contribution >= 0.6 is 0 Å². The lowest BCUT2D eigenvalue weighted by atomic mass is 10.3. The van der Waals surface area contributed by atoms with Gasteiger partial charge in [0.05, 0.1) is 17.5 Å². The topological polar surface area (TPSA) is 74.0 Å². The van der Waals surface area contributed by atoms with Gasteiger partial charge in [-0.1, -0.05) is 6.07 Å². The highest BCUT2D eigenvalue weighted by Gasteiger charge is 1.92. The van der Waals surface area contributed by atoms with Crippen LogP contribution in [0.4, 0.5) is 5.82 Å². The molecule has 2 aromatic rings. The van der Waals surface area contributed by atoms with E-state index in [1.165, 1.54) is 6.20 Å². The van der Waals surface area contributed by atoms with Crippen molar-refractivity contribution in [1.82, 2.24) is 9.97 Å². The summed E-state index contributed by atoms with van der Waals surface area (Å²) in [5.41, 5.74) is 4.03. The van der Waals surface area contributed by atoms with Crippen molar-refractivity contribution in [1.29, 1.82) is 5.26 Å². The number of anilines is 1.